The standard InChI is InChI=1S/C8H5ClN2.2C2H6/c9-8-6-3-1-2-4-7(6)10-5-11-8;2*1-2/h1-5H;2*1-2H3. The summed E-state index contributed by atoms with van der Waals surface area (Å²) in [5.41, 5.74) is 0.882. The van der Waals surface area contributed by atoms with Crippen LogP contribution in [0.1, 0.15) is 27.7 Å². The maximum atomic E-state index is 5.81. The number of hydrogen-bond donors (Lipinski definition) is 0. The fourth-order valence-electron chi connectivity index (χ4n) is 0.972. The van der Waals surface area contributed by atoms with Gasteiger partial charge in [-0.05, 0) is 12.1 Å². The van der Waals surface area contributed by atoms with Crippen molar-refractivity contribution in [2.24, 2.45) is 0 Å². The van der Waals surface area contributed by atoms with Crippen molar-refractivity contribution in [3.05, 3.63) is 35.7 Å². The predicted molar refractivity (Wildman–Crippen MR) is 67.2 cm³/mol. The molecule has 3 heteroatoms. The molecular weight excluding hydrogens is 208 g/mol. The van der Waals surface area contributed by atoms with Gasteiger partial charge in [0.2, 0.25) is 0 Å². The van der Waals surface area contributed by atoms with Gasteiger partial charge in [-0.3, -0.25) is 0 Å². The van der Waals surface area contributed by atoms with Crippen LogP contribution in [-0.2, 0) is 0 Å². The smallest absolute Gasteiger partial charge is 0.140 e. The summed E-state index contributed by atoms with van der Waals surface area (Å²) in [6, 6.07) is 7.64. The maximum Gasteiger partial charge on any atom is 0.140 e. The van der Waals surface area contributed by atoms with Crippen LogP contribution in [0, 0.1) is 0 Å². The summed E-state index contributed by atoms with van der Waals surface area (Å²) >= 11 is 5.81. The van der Waals surface area contributed by atoms with Crippen molar-refractivity contribution in [2.75, 3.05) is 0 Å². The van der Waals surface area contributed by atoms with Gasteiger partial charge in [0, 0.05) is 5.39 Å². The minimum Gasteiger partial charge on any atom is -0.236 e. The Morgan fingerprint density at radius 3 is 2.13 bits per heavy atom. The van der Waals surface area contributed by atoms with Crippen molar-refractivity contribution < 1.29 is 0 Å². The summed E-state index contributed by atoms with van der Waals surface area (Å²) in [6.45, 7) is 8.00. The summed E-state index contributed by atoms with van der Waals surface area (Å²) in [5, 5.41) is 1.41. The molecule has 1 aromatic heterocycles. The highest BCUT2D eigenvalue weighted by molar-refractivity contribution is 6.33. The highest BCUT2D eigenvalue weighted by atomic mass is 35.5. The van der Waals surface area contributed by atoms with Gasteiger partial charge in [-0.2, -0.15) is 0 Å². The molecule has 0 bridgehead atoms. The third-order valence-electron chi connectivity index (χ3n) is 1.49. The minimum absolute atomic E-state index is 0.510. The second kappa shape index (κ2) is 8.18. The Morgan fingerprint density at radius 2 is 1.53 bits per heavy atom. The molecule has 82 valence electrons. The number of halogens is 1. The number of rotatable bonds is 0. The largest absolute Gasteiger partial charge is 0.236 e. The second-order valence-corrected chi connectivity index (χ2v) is 2.54. The lowest BCUT2D eigenvalue weighted by Gasteiger charge is -1.95. The number of nitrogens with zero attached hydrogens (tertiary/aromatic N) is 2. The molecule has 0 aliphatic rings. The van der Waals surface area contributed by atoms with Crippen molar-refractivity contribution in [1.29, 1.82) is 0 Å². The lowest BCUT2D eigenvalue weighted by atomic mass is 10.2. The van der Waals surface area contributed by atoms with Crippen LogP contribution in [-0.4, -0.2) is 9.97 Å². The molecule has 0 N–H and O–H groups in total. The average molecular weight is 225 g/mol. The molecule has 0 fully saturated rings. The van der Waals surface area contributed by atoms with Crippen LogP contribution in [0.15, 0.2) is 30.6 Å². The lowest BCUT2D eigenvalue weighted by Crippen LogP contribution is -1.81. The summed E-state index contributed by atoms with van der Waals surface area (Å²) in [4.78, 5) is 7.91. The van der Waals surface area contributed by atoms with Crippen LogP contribution in [0.3, 0.4) is 0 Å². The van der Waals surface area contributed by atoms with E-state index in [4.69, 9.17) is 11.6 Å². The van der Waals surface area contributed by atoms with Crippen molar-refractivity contribution in [3.63, 3.8) is 0 Å². The van der Waals surface area contributed by atoms with Gasteiger partial charge in [0.05, 0.1) is 5.52 Å². The van der Waals surface area contributed by atoms with Crippen molar-refractivity contribution in [3.8, 4) is 0 Å². The van der Waals surface area contributed by atoms with Gasteiger partial charge in [-0.1, -0.05) is 51.4 Å². The fraction of sp³-hybridized carbons (Fsp3) is 0.333. The van der Waals surface area contributed by atoms with Gasteiger partial charge in [-0.15, -0.1) is 0 Å². The summed E-state index contributed by atoms with van der Waals surface area (Å²) < 4.78 is 0. The molecule has 1 heterocycles. The molecule has 1 aromatic carbocycles. The minimum atomic E-state index is 0.510. The average Bonchev–Trinajstić information content (AvgIpc) is 2.35. The van der Waals surface area contributed by atoms with E-state index in [1.54, 1.807) is 0 Å². The molecular formula is C12H17ClN2. The van der Waals surface area contributed by atoms with E-state index in [0.29, 0.717) is 5.15 Å². The van der Waals surface area contributed by atoms with Crippen LogP contribution in [0.25, 0.3) is 10.9 Å². The molecule has 15 heavy (non-hydrogen) atoms. The van der Waals surface area contributed by atoms with Gasteiger partial charge in [-0.25, -0.2) is 9.97 Å². The summed E-state index contributed by atoms with van der Waals surface area (Å²) in [7, 11) is 0. The lowest BCUT2D eigenvalue weighted by molar-refractivity contribution is 1.22. The highest BCUT2D eigenvalue weighted by Crippen LogP contribution is 2.17. The molecule has 0 aliphatic heterocycles. The molecule has 2 aromatic rings. The van der Waals surface area contributed by atoms with Crippen LogP contribution >= 0.6 is 11.6 Å². The van der Waals surface area contributed by atoms with Crippen LogP contribution < -0.4 is 0 Å². The number of hydrogen-bond acceptors (Lipinski definition) is 2. The topological polar surface area (TPSA) is 25.8 Å². The third-order valence-corrected chi connectivity index (χ3v) is 1.80. The van der Waals surface area contributed by atoms with Crippen molar-refractivity contribution in [1.82, 2.24) is 9.97 Å². The van der Waals surface area contributed by atoms with Crippen LogP contribution in [0.2, 0.25) is 5.15 Å². The first-order chi connectivity index (χ1) is 7.38. The van der Waals surface area contributed by atoms with E-state index in [1.165, 1.54) is 6.33 Å². The number of para-hydroxylation sites is 1. The monoisotopic (exact) mass is 224 g/mol. The molecule has 2 rings (SSSR count). The highest BCUT2D eigenvalue weighted by Gasteiger charge is 1.96. The second-order valence-electron chi connectivity index (χ2n) is 2.18. The van der Waals surface area contributed by atoms with E-state index in [2.05, 4.69) is 9.97 Å². The Morgan fingerprint density at radius 1 is 0.933 bits per heavy atom. The van der Waals surface area contributed by atoms with E-state index in [9.17, 15) is 0 Å². The van der Waals surface area contributed by atoms with Gasteiger partial charge in [0.1, 0.15) is 11.5 Å². The molecule has 0 saturated heterocycles. The van der Waals surface area contributed by atoms with E-state index in [-0.39, 0.29) is 0 Å². The number of fused-ring (bicyclic) bond motifs is 1. The molecule has 2 nitrogen and oxygen atoms in total. The Bertz CT molecular complexity index is 383. The fourth-order valence-corrected chi connectivity index (χ4v) is 1.18. The Balaban J connectivity index is 0.000000442. The predicted octanol–water partition coefficient (Wildman–Crippen LogP) is 4.34. The maximum absolute atomic E-state index is 5.81. The van der Waals surface area contributed by atoms with E-state index in [1.807, 2.05) is 52.0 Å². The van der Waals surface area contributed by atoms with Gasteiger partial charge in [0.25, 0.3) is 0 Å². The summed E-state index contributed by atoms with van der Waals surface area (Å²) in [6.07, 6.45) is 1.46. The van der Waals surface area contributed by atoms with E-state index < -0.39 is 0 Å². The molecule has 0 atom stereocenters. The van der Waals surface area contributed by atoms with E-state index in [0.717, 1.165) is 10.9 Å². The Hall–Kier alpha value is -1.15. The van der Waals surface area contributed by atoms with Gasteiger partial charge in [0.15, 0.2) is 0 Å². The normalized spacial score (nSPS) is 8.33. The quantitative estimate of drug-likeness (QED) is 0.623. The zero-order chi connectivity index (χ0) is 11.7. The first-order valence-electron chi connectivity index (χ1n) is 5.23. The molecule has 0 saturated carbocycles. The SMILES string of the molecule is CC.CC.Clc1ncnc2ccccc12. The summed E-state index contributed by atoms with van der Waals surface area (Å²) in [5.74, 6) is 0. The Labute approximate surface area is 96.3 Å². The first-order valence-corrected chi connectivity index (χ1v) is 5.61. The van der Waals surface area contributed by atoms with Gasteiger partial charge >= 0.3 is 0 Å². The first kappa shape index (κ1) is 13.8. The zero-order valence-corrected chi connectivity index (χ0v) is 10.4. The third kappa shape index (κ3) is 3.84. The van der Waals surface area contributed by atoms with Crippen molar-refractivity contribution in [2.45, 2.75) is 27.7 Å². The van der Waals surface area contributed by atoms with Crippen LogP contribution in [0.5, 0.6) is 0 Å². The molecule has 0 amide bonds. The molecule has 0 unspecified atom stereocenters. The molecule has 0 aliphatic carbocycles. The molecule has 0 spiro atoms. The number of aromatic nitrogens is 2. The number of benzene rings is 1. The van der Waals surface area contributed by atoms with Gasteiger partial charge < -0.3 is 0 Å². The van der Waals surface area contributed by atoms with Crippen molar-refractivity contribution >= 4 is 22.5 Å². The Kier molecular flexibility index (Phi) is 7.56. The molecule has 0 radical (unpaired) electrons. The van der Waals surface area contributed by atoms with Crippen LogP contribution in [0.4, 0.5) is 0 Å². The van der Waals surface area contributed by atoms with E-state index >= 15 is 0 Å². The zero-order valence-electron chi connectivity index (χ0n) is 9.66.